The Labute approximate surface area is 116 Å². The third-order valence-electron chi connectivity index (χ3n) is 2.63. The molecular formula is C13H18F3NOS. The van der Waals surface area contributed by atoms with Crippen molar-refractivity contribution in [2.45, 2.75) is 31.5 Å². The van der Waals surface area contributed by atoms with Crippen molar-refractivity contribution >= 4 is 12.6 Å². The van der Waals surface area contributed by atoms with Gasteiger partial charge in [0.2, 0.25) is 0 Å². The molecule has 0 aliphatic heterocycles. The molecule has 1 aromatic rings. The Morgan fingerprint density at radius 2 is 2.00 bits per heavy atom. The molecule has 108 valence electrons. The van der Waals surface area contributed by atoms with Crippen molar-refractivity contribution < 1.29 is 17.9 Å². The summed E-state index contributed by atoms with van der Waals surface area (Å²) < 4.78 is 42.7. The molecule has 1 aromatic carbocycles. The summed E-state index contributed by atoms with van der Waals surface area (Å²) in [4.78, 5) is 0. The second kappa shape index (κ2) is 7.65. The summed E-state index contributed by atoms with van der Waals surface area (Å²) in [5.74, 6) is 0.877. The number of hydrogen-bond acceptors (Lipinski definition) is 3. The van der Waals surface area contributed by atoms with E-state index in [4.69, 9.17) is 10.5 Å². The van der Waals surface area contributed by atoms with E-state index >= 15 is 0 Å². The maximum Gasteiger partial charge on any atom is 0.416 e. The van der Waals surface area contributed by atoms with Crippen LogP contribution in [0.3, 0.4) is 0 Å². The third kappa shape index (κ3) is 6.20. The maximum atomic E-state index is 12.5. The molecule has 0 aliphatic carbocycles. The minimum absolute atomic E-state index is 0.0666. The lowest BCUT2D eigenvalue weighted by molar-refractivity contribution is -0.137. The highest BCUT2D eigenvalue weighted by Crippen LogP contribution is 2.31. The molecule has 0 fully saturated rings. The first-order valence-electron chi connectivity index (χ1n) is 6.10. The molecule has 0 amide bonds. The largest absolute Gasteiger partial charge is 0.494 e. The van der Waals surface area contributed by atoms with Crippen LogP contribution in [0.25, 0.3) is 0 Å². The van der Waals surface area contributed by atoms with Crippen LogP contribution in [0.2, 0.25) is 0 Å². The molecule has 2 N–H and O–H groups in total. The summed E-state index contributed by atoms with van der Waals surface area (Å²) in [5, 5.41) is 0. The summed E-state index contributed by atoms with van der Waals surface area (Å²) in [5.41, 5.74) is 5.00. The number of unbranched alkanes of at least 4 members (excludes halogenated alkanes) is 1. The number of alkyl halides is 3. The molecule has 0 saturated heterocycles. The maximum absolute atomic E-state index is 12.5. The van der Waals surface area contributed by atoms with E-state index in [2.05, 4.69) is 12.6 Å². The van der Waals surface area contributed by atoms with Crippen molar-refractivity contribution in [2.24, 2.45) is 5.73 Å². The molecule has 1 unspecified atom stereocenters. The average Bonchev–Trinajstić information content (AvgIpc) is 2.37. The van der Waals surface area contributed by atoms with Gasteiger partial charge >= 0.3 is 6.18 Å². The highest BCUT2D eigenvalue weighted by molar-refractivity contribution is 7.80. The molecule has 0 bridgehead atoms. The van der Waals surface area contributed by atoms with Gasteiger partial charge in [0.15, 0.2) is 0 Å². The number of rotatable bonds is 7. The van der Waals surface area contributed by atoms with Gasteiger partial charge in [-0.05, 0) is 37.5 Å². The first-order chi connectivity index (χ1) is 8.93. The van der Waals surface area contributed by atoms with Crippen molar-refractivity contribution in [1.82, 2.24) is 0 Å². The molecule has 0 aliphatic rings. The Bertz CT molecular complexity index is 384. The van der Waals surface area contributed by atoms with Gasteiger partial charge < -0.3 is 10.5 Å². The average molecular weight is 293 g/mol. The van der Waals surface area contributed by atoms with E-state index in [0.29, 0.717) is 12.4 Å². The summed E-state index contributed by atoms with van der Waals surface area (Å²) in [6.07, 6.45) is -1.85. The quantitative estimate of drug-likeness (QED) is 0.596. The van der Waals surface area contributed by atoms with Gasteiger partial charge in [0.05, 0.1) is 12.2 Å². The van der Waals surface area contributed by atoms with E-state index in [0.717, 1.165) is 31.4 Å². The van der Waals surface area contributed by atoms with E-state index in [9.17, 15) is 13.2 Å². The van der Waals surface area contributed by atoms with Crippen LogP contribution in [0.5, 0.6) is 5.75 Å². The third-order valence-corrected chi connectivity index (χ3v) is 3.10. The van der Waals surface area contributed by atoms with E-state index < -0.39 is 11.7 Å². The van der Waals surface area contributed by atoms with Crippen molar-refractivity contribution in [3.63, 3.8) is 0 Å². The Hall–Kier alpha value is -0.880. The Morgan fingerprint density at radius 3 is 2.63 bits per heavy atom. The predicted octanol–water partition coefficient (Wildman–Crippen LogP) is 3.51. The minimum atomic E-state index is -4.33. The SMILES string of the molecule is NC(CS)CCCCOc1cccc(C(F)(F)F)c1. The Balaban J connectivity index is 2.34. The van der Waals surface area contributed by atoms with Crippen molar-refractivity contribution in [1.29, 1.82) is 0 Å². The van der Waals surface area contributed by atoms with Crippen LogP contribution in [-0.4, -0.2) is 18.4 Å². The van der Waals surface area contributed by atoms with Gasteiger partial charge in [-0.2, -0.15) is 25.8 Å². The van der Waals surface area contributed by atoms with E-state index in [1.165, 1.54) is 12.1 Å². The first kappa shape index (κ1) is 16.2. The summed E-state index contributed by atoms with van der Waals surface area (Å²) in [6.45, 7) is 0.389. The fourth-order valence-electron chi connectivity index (χ4n) is 1.55. The van der Waals surface area contributed by atoms with Gasteiger partial charge in [-0.25, -0.2) is 0 Å². The van der Waals surface area contributed by atoms with E-state index in [1.807, 2.05) is 0 Å². The normalized spacial score (nSPS) is 13.3. The lowest BCUT2D eigenvalue weighted by Gasteiger charge is -2.11. The number of hydrogen-bond donors (Lipinski definition) is 2. The number of benzene rings is 1. The lowest BCUT2D eigenvalue weighted by atomic mass is 10.1. The van der Waals surface area contributed by atoms with Crippen molar-refractivity contribution in [3.05, 3.63) is 29.8 Å². The van der Waals surface area contributed by atoms with Crippen LogP contribution in [0.4, 0.5) is 13.2 Å². The molecule has 1 rings (SSSR count). The molecule has 2 nitrogen and oxygen atoms in total. The topological polar surface area (TPSA) is 35.2 Å². The smallest absolute Gasteiger partial charge is 0.416 e. The zero-order valence-corrected chi connectivity index (χ0v) is 11.4. The van der Waals surface area contributed by atoms with Gasteiger partial charge in [0, 0.05) is 11.8 Å². The fraction of sp³-hybridized carbons (Fsp3) is 0.538. The van der Waals surface area contributed by atoms with Crippen molar-refractivity contribution in [2.75, 3.05) is 12.4 Å². The highest BCUT2D eigenvalue weighted by atomic mass is 32.1. The molecule has 6 heteroatoms. The summed E-state index contributed by atoms with van der Waals surface area (Å²) in [7, 11) is 0. The predicted molar refractivity (Wildman–Crippen MR) is 72.6 cm³/mol. The standard InChI is InChI=1S/C13H18F3NOS/c14-13(15,16)10-4-3-6-12(8-10)18-7-2-1-5-11(17)9-19/h3-4,6,8,11,19H,1-2,5,7,9,17H2. The van der Waals surface area contributed by atoms with Gasteiger partial charge in [-0.3, -0.25) is 0 Å². The monoisotopic (exact) mass is 293 g/mol. The lowest BCUT2D eigenvalue weighted by Crippen LogP contribution is -2.21. The molecule has 1 atom stereocenters. The zero-order valence-electron chi connectivity index (χ0n) is 10.5. The molecule has 19 heavy (non-hydrogen) atoms. The van der Waals surface area contributed by atoms with Gasteiger partial charge in [-0.1, -0.05) is 6.07 Å². The van der Waals surface area contributed by atoms with Gasteiger partial charge in [0.25, 0.3) is 0 Å². The van der Waals surface area contributed by atoms with Crippen molar-refractivity contribution in [3.8, 4) is 5.75 Å². The van der Waals surface area contributed by atoms with Gasteiger partial charge in [-0.15, -0.1) is 0 Å². The Morgan fingerprint density at radius 1 is 1.26 bits per heavy atom. The second-order valence-corrected chi connectivity index (χ2v) is 4.68. The van der Waals surface area contributed by atoms with Crippen LogP contribution >= 0.6 is 12.6 Å². The van der Waals surface area contributed by atoms with Gasteiger partial charge in [0.1, 0.15) is 5.75 Å². The molecule has 0 radical (unpaired) electrons. The fourth-order valence-corrected chi connectivity index (χ4v) is 1.73. The Kier molecular flexibility index (Phi) is 6.51. The molecule has 0 spiro atoms. The number of thiol groups is 1. The number of halogens is 3. The van der Waals surface area contributed by atoms with Crippen LogP contribution in [0, 0.1) is 0 Å². The number of ether oxygens (including phenoxy) is 1. The molecular weight excluding hydrogens is 275 g/mol. The van der Waals surface area contributed by atoms with Crippen LogP contribution in [-0.2, 0) is 6.18 Å². The molecule has 0 saturated carbocycles. The van der Waals surface area contributed by atoms with E-state index in [-0.39, 0.29) is 11.8 Å². The van der Waals surface area contributed by atoms with Crippen LogP contribution in [0.15, 0.2) is 24.3 Å². The highest BCUT2D eigenvalue weighted by Gasteiger charge is 2.30. The van der Waals surface area contributed by atoms with Crippen LogP contribution in [0.1, 0.15) is 24.8 Å². The van der Waals surface area contributed by atoms with Crippen LogP contribution < -0.4 is 10.5 Å². The second-order valence-electron chi connectivity index (χ2n) is 4.31. The van der Waals surface area contributed by atoms with E-state index in [1.54, 1.807) is 0 Å². The molecule has 0 aromatic heterocycles. The summed E-state index contributed by atoms with van der Waals surface area (Å²) in [6, 6.07) is 4.97. The minimum Gasteiger partial charge on any atom is -0.494 e. The molecule has 0 heterocycles. The zero-order chi connectivity index (χ0) is 14.3. The first-order valence-corrected chi connectivity index (χ1v) is 6.73. The summed E-state index contributed by atoms with van der Waals surface area (Å²) >= 11 is 4.07. The number of nitrogens with two attached hydrogens (primary N) is 1.